The summed E-state index contributed by atoms with van der Waals surface area (Å²) in [5.41, 5.74) is 6.77. The molecular weight excluding hydrogens is 176 g/mol. The molecule has 2 N–H and O–H groups in total. The van der Waals surface area contributed by atoms with Crippen molar-refractivity contribution in [1.82, 2.24) is 4.98 Å². The molecule has 1 saturated carbocycles. The Morgan fingerprint density at radius 3 is 2.71 bits per heavy atom. The number of ether oxygens (including phenoxy) is 1. The molecule has 1 heterocycles. The maximum absolute atomic E-state index is 5.72. The fourth-order valence-corrected chi connectivity index (χ4v) is 1.39. The van der Waals surface area contributed by atoms with Crippen molar-refractivity contribution in [2.45, 2.75) is 38.3 Å². The van der Waals surface area contributed by atoms with Gasteiger partial charge in [0, 0.05) is 18.3 Å². The molecule has 0 unspecified atom stereocenters. The van der Waals surface area contributed by atoms with Crippen LogP contribution < -0.4 is 10.5 Å². The highest BCUT2D eigenvalue weighted by Gasteiger charge is 2.19. The number of hydrogen-bond donors (Lipinski definition) is 1. The van der Waals surface area contributed by atoms with Crippen LogP contribution in [0.1, 0.15) is 37.8 Å². The zero-order valence-corrected chi connectivity index (χ0v) is 8.44. The van der Waals surface area contributed by atoms with Gasteiger partial charge >= 0.3 is 0 Å². The molecule has 0 bridgehead atoms. The van der Waals surface area contributed by atoms with Gasteiger partial charge in [0.2, 0.25) is 5.88 Å². The van der Waals surface area contributed by atoms with Gasteiger partial charge in [0.05, 0.1) is 0 Å². The summed E-state index contributed by atoms with van der Waals surface area (Å²) in [7, 11) is 0. The average molecular weight is 192 g/mol. The van der Waals surface area contributed by atoms with Crippen molar-refractivity contribution < 1.29 is 4.74 Å². The molecule has 1 aliphatic carbocycles. The van der Waals surface area contributed by atoms with Crippen LogP contribution in [-0.2, 0) is 0 Å². The molecule has 0 radical (unpaired) electrons. The molecule has 3 heteroatoms. The van der Waals surface area contributed by atoms with Gasteiger partial charge in [0.1, 0.15) is 6.10 Å². The van der Waals surface area contributed by atoms with Crippen molar-refractivity contribution in [2.24, 2.45) is 5.73 Å². The minimum atomic E-state index is 0.0419. The van der Waals surface area contributed by atoms with E-state index in [0.29, 0.717) is 6.10 Å². The molecular formula is C11H16N2O. The second kappa shape index (κ2) is 3.96. The molecule has 3 nitrogen and oxygen atoms in total. The number of nitrogens with zero attached hydrogens (tertiary/aromatic N) is 1. The van der Waals surface area contributed by atoms with Crippen molar-refractivity contribution in [3.63, 3.8) is 0 Å². The first kappa shape index (κ1) is 9.46. The Morgan fingerprint density at radius 2 is 2.29 bits per heavy atom. The topological polar surface area (TPSA) is 48.1 Å². The second-order valence-electron chi connectivity index (χ2n) is 3.89. The molecule has 0 saturated heterocycles. The third kappa shape index (κ3) is 2.04. The van der Waals surface area contributed by atoms with Crippen LogP contribution in [0.2, 0.25) is 0 Å². The molecule has 1 aliphatic rings. The fraction of sp³-hybridized carbons (Fsp3) is 0.545. The Kier molecular flexibility index (Phi) is 2.68. The summed E-state index contributed by atoms with van der Waals surface area (Å²) >= 11 is 0. The Morgan fingerprint density at radius 1 is 1.50 bits per heavy atom. The van der Waals surface area contributed by atoms with E-state index in [1.165, 1.54) is 6.42 Å². The highest BCUT2D eigenvalue weighted by molar-refractivity contribution is 5.20. The Bertz CT molecular complexity index is 291. The Hall–Kier alpha value is -1.09. The predicted molar refractivity (Wildman–Crippen MR) is 55.1 cm³/mol. The molecule has 2 rings (SSSR count). The van der Waals surface area contributed by atoms with Gasteiger partial charge in [-0.25, -0.2) is 4.98 Å². The summed E-state index contributed by atoms with van der Waals surface area (Å²) in [6.07, 6.45) is 5.79. The van der Waals surface area contributed by atoms with Crippen LogP contribution in [-0.4, -0.2) is 11.1 Å². The normalized spacial score (nSPS) is 18.7. The number of rotatable bonds is 3. The highest BCUT2D eigenvalue weighted by Crippen LogP contribution is 2.24. The lowest BCUT2D eigenvalue weighted by Crippen LogP contribution is -2.24. The van der Waals surface area contributed by atoms with E-state index in [1.54, 1.807) is 6.20 Å². The van der Waals surface area contributed by atoms with E-state index in [-0.39, 0.29) is 6.04 Å². The first-order valence-corrected chi connectivity index (χ1v) is 5.14. The van der Waals surface area contributed by atoms with Gasteiger partial charge in [-0.15, -0.1) is 0 Å². The molecule has 1 aromatic rings. The quantitative estimate of drug-likeness (QED) is 0.797. The molecule has 0 amide bonds. The highest BCUT2D eigenvalue weighted by atomic mass is 16.5. The smallest absolute Gasteiger partial charge is 0.213 e. The van der Waals surface area contributed by atoms with Crippen LogP contribution >= 0.6 is 0 Å². The van der Waals surface area contributed by atoms with Crippen molar-refractivity contribution in [3.05, 3.63) is 23.9 Å². The van der Waals surface area contributed by atoms with Crippen LogP contribution in [0.4, 0.5) is 0 Å². The summed E-state index contributed by atoms with van der Waals surface area (Å²) in [4.78, 5) is 4.22. The summed E-state index contributed by atoms with van der Waals surface area (Å²) in [6.45, 7) is 1.95. The molecule has 1 fully saturated rings. The lowest BCUT2D eigenvalue weighted by molar-refractivity contribution is 0.114. The first-order chi connectivity index (χ1) is 6.75. The third-order valence-corrected chi connectivity index (χ3v) is 2.62. The standard InChI is InChI=1S/C11H16N2O/c1-8(12)9-5-6-11(13-7-9)14-10-3-2-4-10/h5-8,10H,2-4,12H2,1H3/t8-/m1/s1. The number of hydrogen-bond acceptors (Lipinski definition) is 3. The van der Waals surface area contributed by atoms with Crippen LogP contribution in [0.25, 0.3) is 0 Å². The first-order valence-electron chi connectivity index (χ1n) is 5.14. The van der Waals surface area contributed by atoms with Gasteiger partial charge in [-0.1, -0.05) is 6.07 Å². The minimum Gasteiger partial charge on any atom is -0.474 e. The molecule has 76 valence electrons. The SMILES string of the molecule is C[C@@H](N)c1ccc(OC2CCC2)nc1. The zero-order chi connectivity index (χ0) is 9.97. The fourth-order valence-electron chi connectivity index (χ4n) is 1.39. The van der Waals surface area contributed by atoms with E-state index in [4.69, 9.17) is 10.5 Å². The van der Waals surface area contributed by atoms with Gasteiger partial charge in [0.15, 0.2) is 0 Å². The van der Waals surface area contributed by atoms with Gasteiger partial charge in [-0.05, 0) is 31.7 Å². The summed E-state index contributed by atoms with van der Waals surface area (Å²) < 4.78 is 5.63. The van der Waals surface area contributed by atoms with Gasteiger partial charge in [-0.2, -0.15) is 0 Å². The lowest BCUT2D eigenvalue weighted by atomic mass is 9.96. The third-order valence-electron chi connectivity index (χ3n) is 2.62. The van der Waals surface area contributed by atoms with E-state index in [0.717, 1.165) is 24.3 Å². The van der Waals surface area contributed by atoms with Crippen molar-refractivity contribution >= 4 is 0 Å². The van der Waals surface area contributed by atoms with E-state index < -0.39 is 0 Å². The molecule has 0 spiro atoms. The van der Waals surface area contributed by atoms with Crippen molar-refractivity contribution in [2.75, 3.05) is 0 Å². The van der Waals surface area contributed by atoms with E-state index >= 15 is 0 Å². The monoisotopic (exact) mass is 192 g/mol. The number of nitrogens with two attached hydrogens (primary N) is 1. The zero-order valence-electron chi connectivity index (χ0n) is 8.44. The molecule has 1 aromatic heterocycles. The lowest BCUT2D eigenvalue weighted by Gasteiger charge is -2.25. The van der Waals surface area contributed by atoms with Crippen molar-refractivity contribution in [1.29, 1.82) is 0 Å². The van der Waals surface area contributed by atoms with Gasteiger partial charge < -0.3 is 10.5 Å². The summed E-state index contributed by atoms with van der Waals surface area (Å²) in [6, 6.07) is 3.92. The van der Waals surface area contributed by atoms with Crippen LogP contribution in [0.15, 0.2) is 18.3 Å². The van der Waals surface area contributed by atoms with Crippen LogP contribution in [0.5, 0.6) is 5.88 Å². The average Bonchev–Trinajstić information content (AvgIpc) is 2.12. The van der Waals surface area contributed by atoms with E-state index in [9.17, 15) is 0 Å². The van der Waals surface area contributed by atoms with E-state index in [1.807, 2.05) is 19.1 Å². The Balaban J connectivity index is 1.98. The molecule has 1 atom stereocenters. The maximum atomic E-state index is 5.72. The van der Waals surface area contributed by atoms with Crippen LogP contribution in [0.3, 0.4) is 0 Å². The molecule has 0 aliphatic heterocycles. The van der Waals surface area contributed by atoms with Crippen molar-refractivity contribution in [3.8, 4) is 5.88 Å². The molecule has 14 heavy (non-hydrogen) atoms. The Labute approximate surface area is 84.3 Å². The number of pyridine rings is 1. The van der Waals surface area contributed by atoms with Gasteiger partial charge in [0.25, 0.3) is 0 Å². The maximum Gasteiger partial charge on any atom is 0.213 e. The summed E-state index contributed by atoms with van der Waals surface area (Å²) in [5, 5.41) is 0. The minimum absolute atomic E-state index is 0.0419. The molecule has 0 aromatic carbocycles. The van der Waals surface area contributed by atoms with Crippen LogP contribution in [0, 0.1) is 0 Å². The second-order valence-corrected chi connectivity index (χ2v) is 3.89. The predicted octanol–water partition coefficient (Wildman–Crippen LogP) is 2.03. The number of aromatic nitrogens is 1. The summed E-state index contributed by atoms with van der Waals surface area (Å²) in [5.74, 6) is 0.721. The van der Waals surface area contributed by atoms with Gasteiger partial charge in [-0.3, -0.25) is 0 Å². The van der Waals surface area contributed by atoms with E-state index in [2.05, 4.69) is 4.98 Å². The largest absolute Gasteiger partial charge is 0.474 e.